The van der Waals surface area contributed by atoms with Crippen LogP contribution in [0.15, 0.2) is 18.3 Å². The molecule has 0 spiro atoms. The van der Waals surface area contributed by atoms with Crippen molar-refractivity contribution in [1.82, 2.24) is 9.88 Å². The van der Waals surface area contributed by atoms with Crippen LogP contribution in [0, 0.1) is 11.8 Å². The summed E-state index contributed by atoms with van der Waals surface area (Å²) in [6.07, 6.45) is 9.88. The van der Waals surface area contributed by atoms with E-state index >= 15 is 0 Å². The van der Waals surface area contributed by atoms with Crippen LogP contribution in [-0.2, 0) is 9.59 Å². The molecule has 4 rings (SSSR count). The number of aromatic nitrogens is 1. The summed E-state index contributed by atoms with van der Waals surface area (Å²) < 4.78 is 5.96. The van der Waals surface area contributed by atoms with Gasteiger partial charge >= 0.3 is 0 Å². The fraction of sp³-hybridized carbons (Fsp3) is 0.650. The molecule has 1 aromatic rings. The Morgan fingerprint density at radius 2 is 1.69 bits per heavy atom. The Morgan fingerprint density at radius 1 is 1.00 bits per heavy atom. The molecule has 26 heavy (non-hydrogen) atoms. The molecule has 2 amide bonds. The summed E-state index contributed by atoms with van der Waals surface area (Å²) in [5.74, 6) is 1.44. The van der Waals surface area contributed by atoms with E-state index in [0.717, 1.165) is 63.7 Å². The summed E-state index contributed by atoms with van der Waals surface area (Å²) in [5, 5.41) is 2.91. The van der Waals surface area contributed by atoms with Crippen molar-refractivity contribution in [3.8, 4) is 5.88 Å². The lowest BCUT2D eigenvalue weighted by molar-refractivity contribution is -0.140. The molecule has 1 aliphatic heterocycles. The second-order valence-electron chi connectivity index (χ2n) is 7.77. The third-order valence-corrected chi connectivity index (χ3v) is 5.98. The van der Waals surface area contributed by atoms with Gasteiger partial charge < -0.3 is 15.0 Å². The van der Waals surface area contributed by atoms with Gasteiger partial charge in [-0.3, -0.25) is 9.59 Å². The maximum atomic E-state index is 12.3. The maximum absolute atomic E-state index is 12.3. The molecule has 6 nitrogen and oxygen atoms in total. The van der Waals surface area contributed by atoms with Gasteiger partial charge in [0.2, 0.25) is 17.7 Å². The fourth-order valence-corrected chi connectivity index (χ4v) is 3.72. The predicted octanol–water partition coefficient (Wildman–Crippen LogP) is 2.99. The van der Waals surface area contributed by atoms with E-state index < -0.39 is 0 Å². The van der Waals surface area contributed by atoms with Gasteiger partial charge in [0, 0.05) is 43.8 Å². The number of rotatable bonds is 5. The third-order valence-electron chi connectivity index (χ3n) is 5.98. The number of carbonyl (C=O) groups is 2. The van der Waals surface area contributed by atoms with Crippen molar-refractivity contribution >= 4 is 17.5 Å². The maximum Gasteiger partial charge on any atom is 0.227 e. The highest BCUT2D eigenvalue weighted by molar-refractivity contribution is 5.92. The topological polar surface area (TPSA) is 71.5 Å². The first kappa shape index (κ1) is 17.3. The molecule has 0 unspecified atom stereocenters. The van der Waals surface area contributed by atoms with Gasteiger partial charge in [0.25, 0.3) is 0 Å². The van der Waals surface area contributed by atoms with Crippen LogP contribution >= 0.6 is 0 Å². The van der Waals surface area contributed by atoms with Gasteiger partial charge in [-0.25, -0.2) is 4.98 Å². The number of ether oxygens (including phenoxy) is 1. The van der Waals surface area contributed by atoms with Crippen LogP contribution < -0.4 is 10.1 Å². The van der Waals surface area contributed by atoms with E-state index in [2.05, 4.69) is 10.3 Å². The van der Waals surface area contributed by atoms with Crippen LogP contribution in [0.1, 0.15) is 51.4 Å². The molecule has 2 aliphatic carbocycles. The highest BCUT2D eigenvalue weighted by atomic mass is 16.5. The minimum atomic E-state index is 0.0928. The molecular weight excluding hydrogens is 330 g/mol. The van der Waals surface area contributed by atoms with E-state index in [0.29, 0.717) is 11.8 Å². The van der Waals surface area contributed by atoms with Crippen LogP contribution in [0.5, 0.6) is 5.88 Å². The number of carbonyl (C=O) groups excluding carboxylic acids is 2. The molecule has 3 fully saturated rings. The molecule has 3 aliphatic rings. The van der Waals surface area contributed by atoms with E-state index in [9.17, 15) is 9.59 Å². The lowest BCUT2D eigenvalue weighted by Gasteiger charge is -2.36. The van der Waals surface area contributed by atoms with Crippen molar-refractivity contribution in [2.45, 2.75) is 57.5 Å². The fourth-order valence-electron chi connectivity index (χ4n) is 3.72. The molecular formula is C20H27N3O3. The number of pyridine rings is 1. The molecule has 1 N–H and O–H groups in total. The monoisotopic (exact) mass is 357 g/mol. The second kappa shape index (κ2) is 7.64. The summed E-state index contributed by atoms with van der Waals surface area (Å²) in [6, 6.07) is 3.65. The zero-order valence-electron chi connectivity index (χ0n) is 15.2. The van der Waals surface area contributed by atoms with Crippen molar-refractivity contribution in [3.05, 3.63) is 18.3 Å². The minimum Gasteiger partial charge on any atom is -0.474 e. The van der Waals surface area contributed by atoms with Crippen LogP contribution in [-0.4, -0.2) is 40.9 Å². The average Bonchev–Trinajstić information content (AvgIpc) is 2.54. The van der Waals surface area contributed by atoms with Gasteiger partial charge in [0.1, 0.15) is 6.10 Å². The first-order valence-electron chi connectivity index (χ1n) is 9.91. The zero-order chi connectivity index (χ0) is 17.9. The van der Waals surface area contributed by atoms with E-state index in [1.54, 1.807) is 6.20 Å². The summed E-state index contributed by atoms with van der Waals surface area (Å²) >= 11 is 0. The molecule has 0 aromatic carbocycles. The first-order valence-corrected chi connectivity index (χ1v) is 9.91. The molecule has 1 aromatic heterocycles. The Bertz CT molecular complexity index is 645. The molecule has 6 heteroatoms. The van der Waals surface area contributed by atoms with Crippen molar-refractivity contribution in [2.75, 3.05) is 18.4 Å². The highest BCUT2D eigenvalue weighted by Crippen LogP contribution is 2.30. The average molecular weight is 357 g/mol. The van der Waals surface area contributed by atoms with Gasteiger partial charge in [-0.05, 0) is 31.7 Å². The molecule has 0 bridgehead atoms. The van der Waals surface area contributed by atoms with Gasteiger partial charge in [0.05, 0.1) is 11.9 Å². The predicted molar refractivity (Wildman–Crippen MR) is 97.8 cm³/mol. The molecule has 0 atom stereocenters. The van der Waals surface area contributed by atoms with Gasteiger partial charge in [0.15, 0.2) is 0 Å². The van der Waals surface area contributed by atoms with Crippen molar-refractivity contribution < 1.29 is 14.3 Å². The van der Waals surface area contributed by atoms with Crippen LogP contribution in [0.4, 0.5) is 5.69 Å². The molecule has 140 valence electrons. The van der Waals surface area contributed by atoms with Gasteiger partial charge in [-0.2, -0.15) is 0 Å². The Balaban J connectivity index is 1.23. The largest absolute Gasteiger partial charge is 0.474 e. The number of nitrogens with one attached hydrogen (secondary N) is 1. The zero-order valence-corrected chi connectivity index (χ0v) is 15.2. The molecule has 2 saturated carbocycles. The first-order chi connectivity index (χ1) is 12.7. The van der Waals surface area contributed by atoms with Gasteiger partial charge in [-0.1, -0.05) is 12.8 Å². The molecule has 2 heterocycles. The summed E-state index contributed by atoms with van der Waals surface area (Å²) in [5.41, 5.74) is 0.718. The third kappa shape index (κ3) is 3.84. The summed E-state index contributed by atoms with van der Waals surface area (Å²) in [7, 11) is 0. The number of hydrogen-bond donors (Lipinski definition) is 1. The summed E-state index contributed by atoms with van der Waals surface area (Å²) in [6.45, 7) is 1.55. The lowest BCUT2D eigenvalue weighted by atomic mass is 9.84. The van der Waals surface area contributed by atoms with Crippen molar-refractivity contribution in [1.29, 1.82) is 0 Å². The van der Waals surface area contributed by atoms with E-state index in [1.807, 2.05) is 17.0 Å². The van der Waals surface area contributed by atoms with Gasteiger partial charge in [-0.15, -0.1) is 0 Å². The smallest absolute Gasteiger partial charge is 0.227 e. The normalized spacial score (nSPS) is 21.6. The SMILES string of the molecule is O=C(Nc1ccc(OC2CCN(C(=O)C3CCC3)CC2)nc1)C1CCC1. The molecule has 0 radical (unpaired) electrons. The Labute approximate surface area is 154 Å². The van der Waals surface area contributed by atoms with Crippen LogP contribution in [0.25, 0.3) is 0 Å². The minimum absolute atomic E-state index is 0.0928. The Hall–Kier alpha value is -2.11. The number of amides is 2. The Morgan fingerprint density at radius 3 is 2.23 bits per heavy atom. The van der Waals surface area contributed by atoms with Crippen LogP contribution in [0.2, 0.25) is 0 Å². The number of nitrogens with zero attached hydrogens (tertiary/aromatic N) is 2. The second-order valence-corrected chi connectivity index (χ2v) is 7.77. The lowest BCUT2D eigenvalue weighted by Crippen LogP contribution is -2.45. The summed E-state index contributed by atoms with van der Waals surface area (Å²) in [4.78, 5) is 30.5. The molecule has 1 saturated heterocycles. The number of piperidine rings is 1. The highest BCUT2D eigenvalue weighted by Gasteiger charge is 2.32. The van der Waals surface area contributed by atoms with Crippen molar-refractivity contribution in [3.63, 3.8) is 0 Å². The van der Waals surface area contributed by atoms with E-state index in [-0.39, 0.29) is 23.8 Å². The quantitative estimate of drug-likeness (QED) is 0.879. The van der Waals surface area contributed by atoms with Crippen molar-refractivity contribution in [2.24, 2.45) is 11.8 Å². The number of anilines is 1. The standard InChI is InChI=1S/C20H27N3O3/c24-19(14-3-1-4-14)22-16-7-8-18(21-13-16)26-17-9-11-23(12-10-17)20(25)15-5-2-6-15/h7-8,13-15,17H,1-6,9-12H2,(H,22,24). The van der Waals surface area contributed by atoms with E-state index in [1.165, 1.54) is 6.42 Å². The number of likely N-dealkylation sites (tertiary alicyclic amines) is 1. The number of hydrogen-bond acceptors (Lipinski definition) is 4. The van der Waals surface area contributed by atoms with E-state index in [4.69, 9.17) is 4.74 Å². The Kier molecular flexibility index (Phi) is 5.09. The van der Waals surface area contributed by atoms with Crippen LogP contribution in [0.3, 0.4) is 0 Å².